The van der Waals surface area contributed by atoms with E-state index in [1.165, 1.54) is 38.5 Å². The van der Waals surface area contributed by atoms with Crippen LogP contribution in [0, 0.1) is 5.92 Å². The van der Waals surface area contributed by atoms with E-state index in [1.54, 1.807) is 6.92 Å². The van der Waals surface area contributed by atoms with Gasteiger partial charge in [-0.1, -0.05) is 32.1 Å². The maximum absolute atomic E-state index is 11.4. The lowest BCUT2D eigenvalue weighted by Gasteiger charge is -2.42. The monoisotopic (exact) mass is 308 g/mol. The van der Waals surface area contributed by atoms with Crippen LogP contribution in [-0.4, -0.2) is 60.6 Å². The highest BCUT2D eigenvalue weighted by atomic mass is 16.5. The fraction of sp³-hybridized carbons (Fsp3) is 0.944. The summed E-state index contributed by atoms with van der Waals surface area (Å²) in [5, 5.41) is 0. The first-order valence-corrected chi connectivity index (χ1v) is 9.33. The zero-order valence-electron chi connectivity index (χ0n) is 14.1. The lowest BCUT2D eigenvalue weighted by Crippen LogP contribution is -2.52. The van der Waals surface area contributed by atoms with Crippen LogP contribution >= 0.6 is 0 Å². The number of hydrogen-bond donors (Lipinski definition) is 0. The molecule has 126 valence electrons. The quantitative estimate of drug-likeness (QED) is 0.803. The van der Waals surface area contributed by atoms with Gasteiger partial charge in [-0.3, -0.25) is 9.69 Å². The molecule has 0 unspecified atom stereocenters. The Bertz CT molecular complexity index is 360. The largest absolute Gasteiger partial charge is 0.376 e. The van der Waals surface area contributed by atoms with Gasteiger partial charge in [-0.15, -0.1) is 0 Å². The molecule has 22 heavy (non-hydrogen) atoms. The van der Waals surface area contributed by atoms with Crippen LogP contribution in [-0.2, 0) is 9.53 Å². The number of carbonyl (C=O) groups is 1. The fourth-order valence-corrected chi connectivity index (χ4v) is 4.56. The topological polar surface area (TPSA) is 32.8 Å². The van der Waals surface area contributed by atoms with Crippen molar-refractivity contribution >= 4 is 5.91 Å². The number of amides is 1. The Morgan fingerprint density at radius 1 is 1.05 bits per heavy atom. The third-order valence-electron chi connectivity index (χ3n) is 5.92. The Balaban J connectivity index is 1.45. The number of carbonyl (C=O) groups excluding carboxylic acids is 1. The molecule has 1 amide bonds. The summed E-state index contributed by atoms with van der Waals surface area (Å²) < 4.78 is 6.05. The first-order valence-electron chi connectivity index (χ1n) is 9.33. The van der Waals surface area contributed by atoms with E-state index in [1.807, 2.05) is 4.90 Å². The SMILES string of the molecule is CC(=O)N1CCC(N2CCO[C@@H](CC3CCCCC3)C2)CC1. The van der Waals surface area contributed by atoms with E-state index < -0.39 is 0 Å². The van der Waals surface area contributed by atoms with Gasteiger partial charge in [0.05, 0.1) is 12.7 Å². The van der Waals surface area contributed by atoms with Crippen molar-refractivity contribution in [1.82, 2.24) is 9.80 Å². The van der Waals surface area contributed by atoms with Gasteiger partial charge in [-0.05, 0) is 25.2 Å². The lowest BCUT2D eigenvalue weighted by molar-refractivity contribution is -0.131. The summed E-state index contributed by atoms with van der Waals surface area (Å²) in [4.78, 5) is 16.1. The molecule has 0 N–H and O–H groups in total. The molecule has 1 aliphatic carbocycles. The number of rotatable bonds is 3. The maximum atomic E-state index is 11.4. The van der Waals surface area contributed by atoms with Gasteiger partial charge < -0.3 is 9.64 Å². The normalized spacial score (nSPS) is 29.7. The second-order valence-electron chi connectivity index (χ2n) is 7.46. The van der Waals surface area contributed by atoms with Crippen molar-refractivity contribution in [2.75, 3.05) is 32.8 Å². The summed E-state index contributed by atoms with van der Waals surface area (Å²) in [5.74, 6) is 1.13. The third kappa shape index (κ3) is 4.23. The molecule has 4 heteroatoms. The third-order valence-corrected chi connectivity index (χ3v) is 5.92. The van der Waals surface area contributed by atoms with E-state index >= 15 is 0 Å². The summed E-state index contributed by atoms with van der Waals surface area (Å²) in [7, 11) is 0. The van der Waals surface area contributed by atoms with Gasteiger partial charge in [0.25, 0.3) is 0 Å². The van der Waals surface area contributed by atoms with Crippen molar-refractivity contribution in [3.05, 3.63) is 0 Å². The number of hydrogen-bond acceptors (Lipinski definition) is 3. The maximum Gasteiger partial charge on any atom is 0.219 e. The highest BCUT2D eigenvalue weighted by Gasteiger charge is 2.31. The van der Waals surface area contributed by atoms with Crippen molar-refractivity contribution in [2.45, 2.75) is 70.4 Å². The minimum Gasteiger partial charge on any atom is -0.376 e. The minimum absolute atomic E-state index is 0.232. The molecule has 0 aromatic rings. The van der Waals surface area contributed by atoms with E-state index in [2.05, 4.69) is 4.90 Å². The van der Waals surface area contributed by atoms with Crippen molar-refractivity contribution in [3.8, 4) is 0 Å². The predicted molar refractivity (Wildman–Crippen MR) is 87.8 cm³/mol. The number of morpholine rings is 1. The second kappa shape index (κ2) is 7.78. The van der Waals surface area contributed by atoms with Crippen LogP contribution in [0.5, 0.6) is 0 Å². The van der Waals surface area contributed by atoms with E-state index in [-0.39, 0.29) is 5.91 Å². The molecule has 0 spiro atoms. The molecule has 0 aromatic carbocycles. The molecule has 2 saturated heterocycles. The van der Waals surface area contributed by atoms with Gasteiger partial charge in [0.15, 0.2) is 0 Å². The Morgan fingerprint density at radius 3 is 2.45 bits per heavy atom. The first kappa shape index (κ1) is 16.3. The average Bonchev–Trinajstić information content (AvgIpc) is 2.56. The highest BCUT2D eigenvalue weighted by Crippen LogP contribution is 2.29. The van der Waals surface area contributed by atoms with Crippen LogP contribution in [0.15, 0.2) is 0 Å². The van der Waals surface area contributed by atoms with Crippen LogP contribution < -0.4 is 0 Å². The van der Waals surface area contributed by atoms with Gasteiger partial charge in [-0.2, -0.15) is 0 Å². The Labute approximate surface area is 135 Å². The zero-order valence-corrected chi connectivity index (χ0v) is 14.1. The molecule has 4 nitrogen and oxygen atoms in total. The Kier molecular flexibility index (Phi) is 5.75. The number of piperidine rings is 1. The average molecular weight is 308 g/mol. The standard InChI is InChI=1S/C18H32N2O2/c1-15(21)19-9-7-17(8-10-19)20-11-12-22-18(14-20)13-16-5-3-2-4-6-16/h16-18H,2-14H2,1H3/t18-/m0/s1. The smallest absolute Gasteiger partial charge is 0.219 e. The summed E-state index contributed by atoms with van der Waals surface area (Å²) in [6, 6.07) is 0.661. The van der Waals surface area contributed by atoms with Crippen LogP contribution in [0.4, 0.5) is 0 Å². The Hall–Kier alpha value is -0.610. The number of nitrogens with zero attached hydrogens (tertiary/aromatic N) is 2. The molecule has 2 heterocycles. The molecule has 0 radical (unpaired) electrons. The molecule has 3 fully saturated rings. The Morgan fingerprint density at radius 2 is 1.77 bits per heavy atom. The zero-order chi connectivity index (χ0) is 15.4. The highest BCUT2D eigenvalue weighted by molar-refractivity contribution is 5.73. The number of ether oxygens (including phenoxy) is 1. The van der Waals surface area contributed by atoms with Crippen molar-refractivity contribution in [2.24, 2.45) is 5.92 Å². The first-order chi connectivity index (χ1) is 10.7. The summed E-state index contributed by atoms with van der Waals surface area (Å²) in [6.45, 7) is 6.64. The van der Waals surface area contributed by atoms with Crippen LogP contribution in [0.1, 0.15) is 58.3 Å². The van der Waals surface area contributed by atoms with Gasteiger partial charge in [0.2, 0.25) is 5.91 Å². The molecule has 2 aliphatic heterocycles. The molecule has 3 rings (SSSR count). The minimum atomic E-state index is 0.232. The van der Waals surface area contributed by atoms with Crippen molar-refractivity contribution in [3.63, 3.8) is 0 Å². The van der Waals surface area contributed by atoms with Gasteiger partial charge in [0.1, 0.15) is 0 Å². The molecular formula is C18H32N2O2. The molecule has 1 atom stereocenters. The molecule has 3 aliphatic rings. The molecule has 1 saturated carbocycles. The van der Waals surface area contributed by atoms with E-state index in [0.717, 1.165) is 51.5 Å². The second-order valence-corrected chi connectivity index (χ2v) is 7.46. The molecule has 0 aromatic heterocycles. The van der Waals surface area contributed by atoms with Crippen LogP contribution in [0.3, 0.4) is 0 Å². The van der Waals surface area contributed by atoms with Crippen molar-refractivity contribution in [1.29, 1.82) is 0 Å². The molecule has 0 bridgehead atoms. The van der Waals surface area contributed by atoms with Crippen LogP contribution in [0.25, 0.3) is 0 Å². The summed E-state index contributed by atoms with van der Waals surface area (Å²) in [6.07, 6.45) is 11.1. The summed E-state index contributed by atoms with van der Waals surface area (Å²) >= 11 is 0. The fourth-order valence-electron chi connectivity index (χ4n) is 4.56. The van der Waals surface area contributed by atoms with E-state index in [4.69, 9.17) is 4.74 Å². The van der Waals surface area contributed by atoms with Crippen LogP contribution in [0.2, 0.25) is 0 Å². The van der Waals surface area contributed by atoms with Gasteiger partial charge in [-0.25, -0.2) is 0 Å². The van der Waals surface area contributed by atoms with E-state index in [9.17, 15) is 4.79 Å². The van der Waals surface area contributed by atoms with Crippen molar-refractivity contribution < 1.29 is 9.53 Å². The summed E-state index contributed by atoms with van der Waals surface area (Å²) in [5.41, 5.74) is 0. The predicted octanol–water partition coefficient (Wildman–Crippen LogP) is 2.67. The van der Waals surface area contributed by atoms with E-state index in [0.29, 0.717) is 12.1 Å². The van der Waals surface area contributed by atoms with Gasteiger partial charge in [0, 0.05) is 39.1 Å². The number of likely N-dealkylation sites (tertiary alicyclic amines) is 1. The lowest BCUT2D eigenvalue weighted by atomic mass is 9.85. The molecular weight excluding hydrogens is 276 g/mol. The van der Waals surface area contributed by atoms with Gasteiger partial charge >= 0.3 is 0 Å².